The van der Waals surface area contributed by atoms with Crippen LogP contribution in [0.4, 0.5) is 5.69 Å². The number of nitrogens with zero attached hydrogens (tertiary/aromatic N) is 2. The molecule has 1 aliphatic rings. The minimum atomic E-state index is -0.246. The first-order valence-electron chi connectivity index (χ1n) is 8.65. The van der Waals surface area contributed by atoms with Gasteiger partial charge in [0.15, 0.2) is 24.2 Å². The Kier molecular flexibility index (Phi) is 4.91. The maximum Gasteiger partial charge on any atom is 0.262 e. The van der Waals surface area contributed by atoms with E-state index in [1.165, 1.54) is 0 Å². The highest BCUT2D eigenvalue weighted by molar-refractivity contribution is 5.91. The molecule has 1 atom stereocenters. The van der Waals surface area contributed by atoms with Crippen LogP contribution in [0.15, 0.2) is 67.0 Å². The number of para-hydroxylation sites is 3. The summed E-state index contributed by atoms with van der Waals surface area (Å²) in [7, 11) is 0. The van der Waals surface area contributed by atoms with Gasteiger partial charge >= 0.3 is 0 Å². The molecule has 0 spiro atoms. The maximum absolute atomic E-state index is 12.0. The number of anilines is 1. The van der Waals surface area contributed by atoms with Gasteiger partial charge in [0.05, 0.1) is 18.4 Å². The lowest BCUT2D eigenvalue weighted by molar-refractivity contribution is -0.118. The second kappa shape index (κ2) is 7.82. The molecule has 0 aliphatic carbocycles. The predicted octanol–water partition coefficient (Wildman–Crippen LogP) is 2.74. The Bertz CT molecular complexity index is 910. The molecule has 3 aromatic rings. The molecule has 138 valence electrons. The van der Waals surface area contributed by atoms with E-state index in [0.29, 0.717) is 24.6 Å². The van der Waals surface area contributed by atoms with E-state index in [4.69, 9.17) is 14.2 Å². The van der Waals surface area contributed by atoms with Crippen LogP contribution < -0.4 is 19.5 Å². The van der Waals surface area contributed by atoms with Crippen molar-refractivity contribution in [3.05, 3.63) is 67.0 Å². The van der Waals surface area contributed by atoms with Gasteiger partial charge in [-0.3, -0.25) is 9.48 Å². The molecule has 7 nitrogen and oxygen atoms in total. The minimum absolute atomic E-state index is 0.0639. The molecule has 4 rings (SSSR count). The van der Waals surface area contributed by atoms with Gasteiger partial charge in [-0.1, -0.05) is 30.3 Å². The van der Waals surface area contributed by atoms with E-state index in [-0.39, 0.29) is 18.6 Å². The van der Waals surface area contributed by atoms with Gasteiger partial charge in [-0.2, -0.15) is 5.10 Å². The van der Waals surface area contributed by atoms with Crippen LogP contribution in [0.2, 0.25) is 0 Å². The molecule has 2 aromatic carbocycles. The topological polar surface area (TPSA) is 74.6 Å². The molecule has 7 heteroatoms. The van der Waals surface area contributed by atoms with E-state index < -0.39 is 0 Å². The SMILES string of the molecule is O=C(COc1ccccc1)Nc1cnn(CC2COc3ccccc3O2)c1. The monoisotopic (exact) mass is 365 g/mol. The van der Waals surface area contributed by atoms with Crippen LogP contribution in [-0.2, 0) is 11.3 Å². The first-order valence-corrected chi connectivity index (χ1v) is 8.65. The fourth-order valence-corrected chi connectivity index (χ4v) is 2.75. The van der Waals surface area contributed by atoms with Crippen molar-refractivity contribution in [2.45, 2.75) is 12.6 Å². The molecule has 0 saturated heterocycles. The number of rotatable bonds is 6. The third-order valence-electron chi connectivity index (χ3n) is 3.99. The van der Waals surface area contributed by atoms with Gasteiger partial charge in [0, 0.05) is 6.20 Å². The Labute approximate surface area is 156 Å². The van der Waals surface area contributed by atoms with Crippen LogP contribution in [0, 0.1) is 0 Å². The molecule has 0 bridgehead atoms. The van der Waals surface area contributed by atoms with Crippen molar-refractivity contribution in [1.29, 1.82) is 0 Å². The lowest BCUT2D eigenvalue weighted by atomic mass is 10.2. The first kappa shape index (κ1) is 17.0. The van der Waals surface area contributed by atoms with Gasteiger partial charge in [-0.25, -0.2) is 0 Å². The first-order chi connectivity index (χ1) is 13.3. The number of aromatic nitrogens is 2. The van der Waals surface area contributed by atoms with Gasteiger partial charge in [0.25, 0.3) is 5.91 Å². The Balaban J connectivity index is 1.28. The van der Waals surface area contributed by atoms with Crippen molar-refractivity contribution >= 4 is 11.6 Å². The number of carbonyl (C=O) groups excluding carboxylic acids is 1. The van der Waals surface area contributed by atoms with E-state index in [9.17, 15) is 4.79 Å². The van der Waals surface area contributed by atoms with Crippen LogP contribution in [0.1, 0.15) is 0 Å². The lowest BCUT2D eigenvalue weighted by Gasteiger charge is -2.26. The van der Waals surface area contributed by atoms with E-state index in [1.807, 2.05) is 42.5 Å². The third kappa shape index (κ3) is 4.38. The van der Waals surface area contributed by atoms with E-state index >= 15 is 0 Å². The molecule has 1 amide bonds. The Morgan fingerprint density at radius 2 is 1.93 bits per heavy atom. The molecular formula is C20H19N3O4. The second-order valence-corrected chi connectivity index (χ2v) is 6.10. The number of nitrogens with one attached hydrogen (secondary N) is 1. The van der Waals surface area contributed by atoms with E-state index in [2.05, 4.69) is 10.4 Å². The van der Waals surface area contributed by atoms with Crippen LogP contribution in [-0.4, -0.2) is 35.0 Å². The third-order valence-corrected chi connectivity index (χ3v) is 3.99. The highest BCUT2D eigenvalue weighted by atomic mass is 16.6. The van der Waals surface area contributed by atoms with Gasteiger partial charge in [-0.15, -0.1) is 0 Å². The summed E-state index contributed by atoms with van der Waals surface area (Å²) in [6.45, 7) is 0.903. The number of amides is 1. The average molecular weight is 365 g/mol. The Morgan fingerprint density at radius 1 is 1.15 bits per heavy atom. The van der Waals surface area contributed by atoms with Crippen molar-refractivity contribution in [2.75, 3.05) is 18.5 Å². The molecule has 1 unspecified atom stereocenters. The molecular weight excluding hydrogens is 346 g/mol. The largest absolute Gasteiger partial charge is 0.486 e. The van der Waals surface area contributed by atoms with Gasteiger partial charge < -0.3 is 19.5 Å². The normalized spacial score (nSPS) is 15.2. The molecule has 0 fully saturated rings. The van der Waals surface area contributed by atoms with Gasteiger partial charge in [0.1, 0.15) is 12.4 Å². The number of hydrogen-bond donors (Lipinski definition) is 1. The van der Waals surface area contributed by atoms with Gasteiger partial charge in [-0.05, 0) is 24.3 Å². The standard InChI is InChI=1S/C20H19N3O4/c24-20(14-25-16-6-2-1-3-7-16)22-15-10-21-23(11-15)12-17-13-26-18-8-4-5-9-19(18)27-17/h1-11,17H,12-14H2,(H,22,24). The van der Waals surface area contributed by atoms with E-state index in [1.54, 1.807) is 29.2 Å². The Hall–Kier alpha value is -3.48. The quantitative estimate of drug-likeness (QED) is 0.727. The van der Waals surface area contributed by atoms with Crippen molar-refractivity contribution in [1.82, 2.24) is 9.78 Å². The van der Waals surface area contributed by atoms with Crippen molar-refractivity contribution in [3.8, 4) is 17.2 Å². The van der Waals surface area contributed by atoms with Crippen molar-refractivity contribution in [3.63, 3.8) is 0 Å². The second-order valence-electron chi connectivity index (χ2n) is 6.10. The van der Waals surface area contributed by atoms with Crippen LogP contribution in [0.5, 0.6) is 17.2 Å². The van der Waals surface area contributed by atoms with Crippen molar-refractivity contribution in [2.24, 2.45) is 0 Å². The number of ether oxygens (including phenoxy) is 3. The summed E-state index contributed by atoms with van der Waals surface area (Å²) in [5, 5.41) is 7.03. The zero-order valence-electron chi connectivity index (χ0n) is 14.6. The molecule has 1 aliphatic heterocycles. The molecule has 1 N–H and O–H groups in total. The summed E-state index contributed by atoms with van der Waals surface area (Å²) in [5.74, 6) is 1.88. The summed E-state index contributed by atoms with van der Waals surface area (Å²) in [4.78, 5) is 12.0. The number of benzene rings is 2. The highest BCUT2D eigenvalue weighted by Gasteiger charge is 2.21. The minimum Gasteiger partial charge on any atom is -0.486 e. The zero-order valence-corrected chi connectivity index (χ0v) is 14.6. The molecule has 27 heavy (non-hydrogen) atoms. The maximum atomic E-state index is 12.0. The Morgan fingerprint density at radius 3 is 2.78 bits per heavy atom. The summed E-state index contributed by atoms with van der Waals surface area (Å²) >= 11 is 0. The van der Waals surface area contributed by atoms with Gasteiger partial charge in [0.2, 0.25) is 0 Å². The lowest BCUT2D eigenvalue weighted by Crippen LogP contribution is -2.33. The van der Waals surface area contributed by atoms with Crippen LogP contribution >= 0.6 is 0 Å². The molecule has 1 aromatic heterocycles. The molecule has 0 saturated carbocycles. The smallest absolute Gasteiger partial charge is 0.262 e. The molecule has 2 heterocycles. The summed E-state index contributed by atoms with van der Waals surface area (Å²) in [5.41, 5.74) is 0.605. The van der Waals surface area contributed by atoms with E-state index in [0.717, 1.165) is 11.5 Å². The average Bonchev–Trinajstić information content (AvgIpc) is 3.14. The number of hydrogen-bond acceptors (Lipinski definition) is 5. The van der Waals surface area contributed by atoms with Crippen LogP contribution in [0.3, 0.4) is 0 Å². The number of carbonyl (C=O) groups is 1. The fraction of sp³-hybridized carbons (Fsp3) is 0.200. The number of fused-ring (bicyclic) bond motifs is 1. The highest BCUT2D eigenvalue weighted by Crippen LogP contribution is 2.31. The summed E-state index contributed by atoms with van der Waals surface area (Å²) in [6.07, 6.45) is 3.20. The van der Waals surface area contributed by atoms with Crippen molar-refractivity contribution < 1.29 is 19.0 Å². The zero-order chi connectivity index (χ0) is 18.5. The molecule has 0 radical (unpaired) electrons. The summed E-state index contributed by atoms with van der Waals surface area (Å²) in [6, 6.07) is 16.8. The van der Waals surface area contributed by atoms with Crippen LogP contribution in [0.25, 0.3) is 0 Å². The predicted molar refractivity (Wildman–Crippen MR) is 99.1 cm³/mol. The fourth-order valence-electron chi connectivity index (χ4n) is 2.75. The summed E-state index contributed by atoms with van der Waals surface area (Å²) < 4.78 is 18.8.